The molecule has 2 atom stereocenters. The zero-order chi connectivity index (χ0) is 18.1. The molecule has 4 rings (SSSR count). The molecule has 0 aromatic carbocycles. The van der Waals surface area contributed by atoms with E-state index in [2.05, 4.69) is 15.7 Å². The number of nitrogens with zero attached hydrogens (tertiary/aromatic N) is 3. The summed E-state index contributed by atoms with van der Waals surface area (Å²) >= 11 is 0. The minimum atomic E-state index is -0.0344. The van der Waals surface area contributed by atoms with Gasteiger partial charge < -0.3 is 15.5 Å². The van der Waals surface area contributed by atoms with E-state index in [1.165, 1.54) is 0 Å². The van der Waals surface area contributed by atoms with Gasteiger partial charge in [-0.2, -0.15) is 5.10 Å². The molecule has 2 saturated heterocycles. The number of nitrogens with one attached hydrogen (secondary N) is 2. The van der Waals surface area contributed by atoms with Gasteiger partial charge in [0, 0.05) is 32.6 Å². The molecular weight excluding hydrogens is 330 g/mol. The minimum Gasteiger partial charge on any atom is -0.354 e. The van der Waals surface area contributed by atoms with Crippen LogP contribution in [-0.4, -0.2) is 58.7 Å². The summed E-state index contributed by atoms with van der Waals surface area (Å²) in [6.07, 6.45) is 8.09. The second-order valence-corrected chi connectivity index (χ2v) is 7.99. The molecule has 7 nitrogen and oxygen atoms in total. The van der Waals surface area contributed by atoms with Crippen LogP contribution >= 0.6 is 0 Å². The number of likely N-dealkylation sites (tertiary alicyclic amines) is 1. The first kappa shape index (κ1) is 17.5. The van der Waals surface area contributed by atoms with Crippen LogP contribution in [-0.2, 0) is 11.8 Å². The maximum Gasteiger partial charge on any atom is 0.257 e. The number of hydrogen-bond acceptors (Lipinski definition) is 4. The first-order valence-electron chi connectivity index (χ1n) is 9.95. The number of carbonyl (C=O) groups excluding carboxylic acids is 2. The predicted molar refractivity (Wildman–Crippen MR) is 97.8 cm³/mol. The third-order valence-electron chi connectivity index (χ3n) is 5.93. The molecule has 3 aliphatic rings. The fourth-order valence-corrected chi connectivity index (χ4v) is 4.32. The number of aromatic nitrogens is 2. The number of carbonyl (C=O) groups is 2. The van der Waals surface area contributed by atoms with E-state index in [1.54, 1.807) is 6.20 Å². The Bertz CT molecular complexity index is 675. The maximum atomic E-state index is 13.0. The standard InChI is InChI=1S/C19H29N5O2/c1-23-17(14-6-7-14)15(11-22-23)19(26)24-9-3-4-13(12-24)10-21-18(25)16-5-2-8-20-16/h11,13-14,16,20H,2-10,12H2,1H3,(H,21,25). The van der Waals surface area contributed by atoms with Crippen molar-refractivity contribution in [3.05, 3.63) is 17.5 Å². The number of rotatable bonds is 5. The summed E-state index contributed by atoms with van der Waals surface area (Å²) in [4.78, 5) is 27.2. The van der Waals surface area contributed by atoms with E-state index in [-0.39, 0.29) is 17.9 Å². The molecule has 2 unspecified atom stereocenters. The molecule has 1 aromatic heterocycles. The highest BCUT2D eigenvalue weighted by molar-refractivity contribution is 5.95. The van der Waals surface area contributed by atoms with Crippen molar-refractivity contribution in [3.8, 4) is 0 Å². The average molecular weight is 359 g/mol. The highest BCUT2D eigenvalue weighted by Crippen LogP contribution is 2.41. The number of aryl methyl sites for hydroxylation is 1. The summed E-state index contributed by atoms with van der Waals surface area (Å²) in [6, 6.07) is -0.0344. The fourth-order valence-electron chi connectivity index (χ4n) is 4.32. The van der Waals surface area contributed by atoms with Gasteiger partial charge in [0.25, 0.3) is 5.91 Å². The summed E-state index contributed by atoms with van der Waals surface area (Å²) in [5.74, 6) is 1.04. The van der Waals surface area contributed by atoms with Crippen LogP contribution in [0.4, 0.5) is 0 Å². The Morgan fingerprint density at radius 2 is 2.12 bits per heavy atom. The van der Waals surface area contributed by atoms with Crippen molar-refractivity contribution < 1.29 is 9.59 Å². The van der Waals surface area contributed by atoms with E-state index >= 15 is 0 Å². The molecule has 2 N–H and O–H groups in total. The lowest BCUT2D eigenvalue weighted by Crippen LogP contribution is -2.46. The van der Waals surface area contributed by atoms with Crippen LogP contribution in [0.5, 0.6) is 0 Å². The molecule has 2 amide bonds. The molecule has 2 aliphatic heterocycles. The third-order valence-corrected chi connectivity index (χ3v) is 5.93. The van der Waals surface area contributed by atoms with Crippen molar-refractivity contribution in [2.75, 3.05) is 26.2 Å². The van der Waals surface area contributed by atoms with Gasteiger partial charge in [0.05, 0.1) is 23.5 Å². The van der Waals surface area contributed by atoms with Crippen molar-refractivity contribution in [1.29, 1.82) is 0 Å². The molecule has 1 aromatic rings. The van der Waals surface area contributed by atoms with Gasteiger partial charge in [-0.05, 0) is 51.0 Å². The first-order chi connectivity index (χ1) is 12.6. The van der Waals surface area contributed by atoms with Crippen LogP contribution in [0.3, 0.4) is 0 Å². The van der Waals surface area contributed by atoms with Crippen molar-refractivity contribution >= 4 is 11.8 Å². The molecule has 3 heterocycles. The summed E-state index contributed by atoms with van der Waals surface area (Å²) in [7, 11) is 1.93. The Morgan fingerprint density at radius 3 is 2.85 bits per heavy atom. The van der Waals surface area contributed by atoms with E-state index in [4.69, 9.17) is 0 Å². The summed E-state index contributed by atoms with van der Waals surface area (Å²) in [5.41, 5.74) is 1.87. The topological polar surface area (TPSA) is 79.3 Å². The van der Waals surface area contributed by atoms with Gasteiger partial charge in [-0.3, -0.25) is 14.3 Å². The normalized spacial score (nSPS) is 26.1. The monoisotopic (exact) mass is 359 g/mol. The number of piperidine rings is 1. The molecule has 3 fully saturated rings. The smallest absolute Gasteiger partial charge is 0.257 e. The van der Waals surface area contributed by atoms with Crippen molar-refractivity contribution in [2.24, 2.45) is 13.0 Å². The number of hydrogen-bond donors (Lipinski definition) is 2. The molecule has 0 radical (unpaired) electrons. The molecule has 26 heavy (non-hydrogen) atoms. The van der Waals surface area contributed by atoms with Gasteiger partial charge >= 0.3 is 0 Å². The number of amides is 2. The van der Waals surface area contributed by atoms with E-state index in [0.717, 1.165) is 69.4 Å². The Morgan fingerprint density at radius 1 is 1.27 bits per heavy atom. The molecular formula is C19H29N5O2. The van der Waals surface area contributed by atoms with E-state index in [9.17, 15) is 9.59 Å². The van der Waals surface area contributed by atoms with Gasteiger partial charge in [-0.25, -0.2) is 0 Å². The van der Waals surface area contributed by atoms with Crippen LogP contribution in [0.25, 0.3) is 0 Å². The highest BCUT2D eigenvalue weighted by atomic mass is 16.2. The van der Waals surface area contributed by atoms with Crippen molar-refractivity contribution in [2.45, 2.75) is 50.5 Å². The molecule has 0 spiro atoms. The van der Waals surface area contributed by atoms with Gasteiger partial charge in [-0.15, -0.1) is 0 Å². The molecule has 142 valence electrons. The minimum absolute atomic E-state index is 0.0344. The van der Waals surface area contributed by atoms with E-state index < -0.39 is 0 Å². The Labute approximate surface area is 154 Å². The van der Waals surface area contributed by atoms with E-state index in [1.807, 2.05) is 16.6 Å². The Hall–Kier alpha value is -1.89. The molecule has 7 heteroatoms. The summed E-state index contributed by atoms with van der Waals surface area (Å²) < 4.78 is 1.86. The SMILES string of the molecule is Cn1ncc(C(=O)N2CCCC(CNC(=O)C3CCCN3)C2)c1C1CC1. The third kappa shape index (κ3) is 3.63. The molecule has 1 saturated carbocycles. The van der Waals surface area contributed by atoms with Gasteiger partial charge in [0.15, 0.2) is 0 Å². The van der Waals surface area contributed by atoms with Crippen molar-refractivity contribution in [3.63, 3.8) is 0 Å². The lowest BCUT2D eigenvalue weighted by Gasteiger charge is -2.33. The highest BCUT2D eigenvalue weighted by Gasteiger charge is 2.34. The van der Waals surface area contributed by atoms with E-state index in [0.29, 0.717) is 18.4 Å². The second kappa shape index (κ2) is 7.39. The fraction of sp³-hybridized carbons (Fsp3) is 0.737. The van der Waals surface area contributed by atoms with Gasteiger partial charge in [0.2, 0.25) is 5.91 Å². The zero-order valence-corrected chi connectivity index (χ0v) is 15.5. The van der Waals surface area contributed by atoms with Gasteiger partial charge in [0.1, 0.15) is 0 Å². The van der Waals surface area contributed by atoms with Crippen LogP contribution in [0.1, 0.15) is 60.5 Å². The van der Waals surface area contributed by atoms with Crippen LogP contribution in [0.2, 0.25) is 0 Å². The lowest BCUT2D eigenvalue weighted by atomic mass is 9.97. The van der Waals surface area contributed by atoms with Gasteiger partial charge in [-0.1, -0.05) is 0 Å². The molecule has 1 aliphatic carbocycles. The van der Waals surface area contributed by atoms with Crippen LogP contribution in [0.15, 0.2) is 6.20 Å². The quantitative estimate of drug-likeness (QED) is 0.823. The first-order valence-corrected chi connectivity index (χ1v) is 9.95. The van der Waals surface area contributed by atoms with Crippen molar-refractivity contribution in [1.82, 2.24) is 25.3 Å². The van der Waals surface area contributed by atoms with Crippen LogP contribution < -0.4 is 10.6 Å². The summed E-state index contributed by atoms with van der Waals surface area (Å²) in [5, 5.41) is 10.6. The van der Waals surface area contributed by atoms with Crippen LogP contribution in [0, 0.1) is 5.92 Å². The molecule has 0 bridgehead atoms. The largest absolute Gasteiger partial charge is 0.354 e. The average Bonchev–Trinajstić information content (AvgIpc) is 3.18. The summed E-state index contributed by atoms with van der Waals surface area (Å²) in [6.45, 7) is 3.10. The lowest BCUT2D eigenvalue weighted by molar-refractivity contribution is -0.123. The predicted octanol–water partition coefficient (Wildman–Crippen LogP) is 1.02. The maximum absolute atomic E-state index is 13.0. The second-order valence-electron chi connectivity index (χ2n) is 7.99. The Balaban J connectivity index is 1.34. The zero-order valence-electron chi connectivity index (χ0n) is 15.5. The Kier molecular flexibility index (Phi) is 4.98.